The minimum absolute atomic E-state index is 0.406. The Morgan fingerprint density at radius 1 is 1.25 bits per heavy atom. The van der Waals surface area contributed by atoms with Crippen molar-refractivity contribution in [2.75, 3.05) is 39.8 Å². The third-order valence-electron chi connectivity index (χ3n) is 3.03. The van der Waals surface area contributed by atoms with E-state index in [-0.39, 0.29) is 0 Å². The maximum atomic E-state index is 12.1. The third kappa shape index (κ3) is 5.88. The van der Waals surface area contributed by atoms with Gasteiger partial charge in [-0.15, -0.1) is 11.3 Å². The van der Waals surface area contributed by atoms with Gasteiger partial charge in [0.15, 0.2) is 0 Å². The molecule has 0 spiro atoms. The summed E-state index contributed by atoms with van der Waals surface area (Å²) in [5.74, 6) is 0. The summed E-state index contributed by atoms with van der Waals surface area (Å²) in [5, 5.41) is 3.23. The van der Waals surface area contributed by atoms with Crippen molar-refractivity contribution in [3.05, 3.63) is 17.0 Å². The van der Waals surface area contributed by atoms with E-state index < -0.39 is 10.0 Å². The molecule has 0 fully saturated rings. The standard InChI is InChI=1S/C13H25N3O2S2/c1-4-14-9-8-12-6-7-13(19-12)20(17,18)15-10-11-16(3)5-2/h6-7,14-15H,4-5,8-11H2,1-3H3. The van der Waals surface area contributed by atoms with Crippen molar-refractivity contribution in [1.82, 2.24) is 14.9 Å². The van der Waals surface area contributed by atoms with Gasteiger partial charge in [-0.25, -0.2) is 13.1 Å². The molecule has 116 valence electrons. The van der Waals surface area contributed by atoms with Crippen LogP contribution >= 0.6 is 11.3 Å². The molecule has 0 saturated heterocycles. The molecule has 7 heteroatoms. The lowest BCUT2D eigenvalue weighted by Crippen LogP contribution is -2.32. The van der Waals surface area contributed by atoms with Crippen molar-refractivity contribution in [2.45, 2.75) is 24.5 Å². The molecule has 0 aliphatic rings. The van der Waals surface area contributed by atoms with Crippen LogP contribution < -0.4 is 10.0 Å². The maximum Gasteiger partial charge on any atom is 0.250 e. The van der Waals surface area contributed by atoms with Crippen LogP contribution in [0.25, 0.3) is 0 Å². The first-order valence-electron chi connectivity index (χ1n) is 6.97. The van der Waals surface area contributed by atoms with Crippen LogP contribution in [0, 0.1) is 0 Å². The normalized spacial score (nSPS) is 12.2. The van der Waals surface area contributed by atoms with Crippen molar-refractivity contribution in [2.24, 2.45) is 0 Å². The molecule has 20 heavy (non-hydrogen) atoms. The van der Waals surface area contributed by atoms with E-state index >= 15 is 0 Å². The Morgan fingerprint density at radius 2 is 2.00 bits per heavy atom. The molecule has 0 aromatic carbocycles. The number of rotatable bonds is 10. The van der Waals surface area contributed by atoms with Gasteiger partial charge in [-0.05, 0) is 45.2 Å². The fourth-order valence-corrected chi connectivity index (χ4v) is 4.05. The summed E-state index contributed by atoms with van der Waals surface area (Å²) in [6.45, 7) is 7.99. The topological polar surface area (TPSA) is 61.4 Å². The minimum Gasteiger partial charge on any atom is -0.317 e. The molecule has 5 nitrogen and oxygen atoms in total. The molecule has 0 saturated carbocycles. The van der Waals surface area contributed by atoms with E-state index in [0.717, 1.165) is 30.9 Å². The summed E-state index contributed by atoms with van der Waals surface area (Å²) >= 11 is 1.35. The van der Waals surface area contributed by atoms with Crippen molar-refractivity contribution in [3.63, 3.8) is 0 Å². The Balaban J connectivity index is 2.50. The van der Waals surface area contributed by atoms with Gasteiger partial charge in [-0.3, -0.25) is 0 Å². The quantitative estimate of drug-likeness (QED) is 0.635. The number of nitrogens with zero attached hydrogens (tertiary/aromatic N) is 1. The van der Waals surface area contributed by atoms with Gasteiger partial charge in [0.2, 0.25) is 10.0 Å². The number of sulfonamides is 1. The van der Waals surface area contributed by atoms with Crippen LogP contribution in [0.2, 0.25) is 0 Å². The molecule has 1 aromatic rings. The largest absolute Gasteiger partial charge is 0.317 e. The third-order valence-corrected chi connectivity index (χ3v) is 6.12. The number of likely N-dealkylation sites (N-methyl/N-ethyl adjacent to an activating group) is 2. The molecule has 2 N–H and O–H groups in total. The summed E-state index contributed by atoms with van der Waals surface area (Å²) in [5.41, 5.74) is 0. The first kappa shape index (κ1) is 17.6. The van der Waals surface area contributed by atoms with Crippen LogP contribution in [0.1, 0.15) is 18.7 Å². The fourth-order valence-electron chi connectivity index (χ4n) is 1.63. The predicted octanol–water partition coefficient (Wildman–Crippen LogP) is 1.13. The highest BCUT2D eigenvalue weighted by Gasteiger charge is 2.16. The van der Waals surface area contributed by atoms with Crippen LogP contribution in [0.3, 0.4) is 0 Å². The van der Waals surface area contributed by atoms with Crippen LogP contribution in [-0.4, -0.2) is 53.1 Å². The number of hydrogen-bond donors (Lipinski definition) is 2. The van der Waals surface area contributed by atoms with E-state index in [1.54, 1.807) is 6.07 Å². The Kier molecular flexibility index (Phi) is 7.68. The summed E-state index contributed by atoms with van der Waals surface area (Å²) in [4.78, 5) is 3.16. The molecule has 0 atom stereocenters. The summed E-state index contributed by atoms with van der Waals surface area (Å²) in [7, 11) is -1.38. The predicted molar refractivity (Wildman–Crippen MR) is 84.9 cm³/mol. The van der Waals surface area contributed by atoms with E-state index in [1.165, 1.54) is 11.3 Å². The molecule has 1 heterocycles. The second kappa shape index (κ2) is 8.74. The van der Waals surface area contributed by atoms with Crippen LogP contribution in [0.5, 0.6) is 0 Å². The molecule has 0 radical (unpaired) electrons. The lowest BCUT2D eigenvalue weighted by molar-refractivity contribution is 0.358. The van der Waals surface area contributed by atoms with Gasteiger partial charge in [0.1, 0.15) is 4.21 Å². The second-order valence-corrected chi connectivity index (χ2v) is 7.78. The number of thiophene rings is 1. The van der Waals surface area contributed by atoms with Gasteiger partial charge in [0, 0.05) is 18.0 Å². The lowest BCUT2D eigenvalue weighted by Gasteiger charge is -2.13. The zero-order valence-corrected chi connectivity index (χ0v) is 14.1. The summed E-state index contributed by atoms with van der Waals surface area (Å²) < 4.78 is 27.3. The zero-order valence-electron chi connectivity index (χ0n) is 12.5. The van der Waals surface area contributed by atoms with E-state index in [2.05, 4.69) is 21.9 Å². The molecule has 1 rings (SSSR count). The lowest BCUT2D eigenvalue weighted by atomic mass is 10.3. The van der Waals surface area contributed by atoms with Crippen LogP contribution in [0.15, 0.2) is 16.3 Å². The first-order valence-corrected chi connectivity index (χ1v) is 9.27. The Hall–Kier alpha value is -0.470. The van der Waals surface area contributed by atoms with Crippen molar-refractivity contribution >= 4 is 21.4 Å². The molecule has 0 aliphatic heterocycles. The summed E-state index contributed by atoms with van der Waals surface area (Å²) in [6.07, 6.45) is 0.868. The number of hydrogen-bond acceptors (Lipinski definition) is 5. The molecule has 0 aliphatic carbocycles. The minimum atomic E-state index is -3.35. The van der Waals surface area contributed by atoms with Gasteiger partial charge in [-0.2, -0.15) is 0 Å². The molecular formula is C13H25N3O2S2. The van der Waals surface area contributed by atoms with Gasteiger partial charge >= 0.3 is 0 Å². The van der Waals surface area contributed by atoms with Gasteiger partial charge < -0.3 is 10.2 Å². The second-order valence-electron chi connectivity index (χ2n) is 4.62. The number of nitrogens with one attached hydrogen (secondary N) is 2. The van der Waals surface area contributed by atoms with Gasteiger partial charge in [0.05, 0.1) is 0 Å². The first-order chi connectivity index (χ1) is 9.49. The van der Waals surface area contributed by atoms with E-state index in [9.17, 15) is 8.42 Å². The van der Waals surface area contributed by atoms with E-state index in [0.29, 0.717) is 17.3 Å². The van der Waals surface area contributed by atoms with Gasteiger partial charge in [0.25, 0.3) is 0 Å². The molecule has 0 unspecified atom stereocenters. The Morgan fingerprint density at radius 3 is 2.65 bits per heavy atom. The van der Waals surface area contributed by atoms with Crippen LogP contribution in [-0.2, 0) is 16.4 Å². The fraction of sp³-hybridized carbons (Fsp3) is 0.692. The van der Waals surface area contributed by atoms with Crippen LogP contribution in [0.4, 0.5) is 0 Å². The molecular weight excluding hydrogens is 294 g/mol. The average Bonchev–Trinajstić information content (AvgIpc) is 2.88. The smallest absolute Gasteiger partial charge is 0.250 e. The van der Waals surface area contributed by atoms with Gasteiger partial charge in [-0.1, -0.05) is 13.8 Å². The monoisotopic (exact) mass is 319 g/mol. The van der Waals surface area contributed by atoms with Crippen molar-refractivity contribution < 1.29 is 8.42 Å². The summed E-state index contributed by atoms with van der Waals surface area (Å²) in [6, 6.07) is 3.59. The molecule has 0 bridgehead atoms. The Bertz CT molecular complexity index is 486. The van der Waals surface area contributed by atoms with E-state index in [4.69, 9.17) is 0 Å². The molecule has 0 amide bonds. The van der Waals surface area contributed by atoms with Crippen molar-refractivity contribution in [1.29, 1.82) is 0 Å². The Labute approximate surface area is 126 Å². The molecule has 1 aromatic heterocycles. The SMILES string of the molecule is CCNCCc1ccc(S(=O)(=O)NCCN(C)CC)s1. The maximum absolute atomic E-state index is 12.1. The van der Waals surface area contributed by atoms with E-state index in [1.807, 2.05) is 20.0 Å². The zero-order chi connectivity index (χ0) is 15.0. The average molecular weight is 319 g/mol. The van der Waals surface area contributed by atoms with Crippen molar-refractivity contribution in [3.8, 4) is 0 Å². The highest BCUT2D eigenvalue weighted by molar-refractivity contribution is 7.91. The highest BCUT2D eigenvalue weighted by Crippen LogP contribution is 2.21. The highest BCUT2D eigenvalue weighted by atomic mass is 32.2.